The Labute approximate surface area is 148 Å². The molecule has 1 aromatic rings. The summed E-state index contributed by atoms with van der Waals surface area (Å²) in [4.78, 5) is 30.5. The van der Waals surface area contributed by atoms with Crippen LogP contribution in [-0.2, 0) is 4.79 Å². The van der Waals surface area contributed by atoms with E-state index >= 15 is 0 Å². The fourth-order valence-electron chi connectivity index (χ4n) is 3.96. The molecule has 2 saturated heterocycles. The summed E-state index contributed by atoms with van der Waals surface area (Å²) in [7, 11) is 2.03. The number of likely N-dealkylation sites (N-methyl/N-ethyl adjacent to an activating group) is 1. The predicted octanol–water partition coefficient (Wildman–Crippen LogP) is 0.00150. The van der Waals surface area contributed by atoms with Crippen LogP contribution < -0.4 is 16.0 Å². The third-order valence-electron chi connectivity index (χ3n) is 5.34. The van der Waals surface area contributed by atoms with Crippen LogP contribution >= 0.6 is 0 Å². The lowest BCUT2D eigenvalue weighted by molar-refractivity contribution is -0.125. The number of amides is 2. The summed E-state index contributed by atoms with van der Waals surface area (Å²) in [6.07, 6.45) is 6.37. The highest BCUT2D eigenvalue weighted by molar-refractivity contribution is 5.93. The van der Waals surface area contributed by atoms with Crippen LogP contribution in [0.5, 0.6) is 0 Å². The fraction of sp³-hybridized carbons (Fsp3) is 0.611. The van der Waals surface area contributed by atoms with Crippen molar-refractivity contribution in [3.63, 3.8) is 0 Å². The lowest BCUT2D eigenvalue weighted by Gasteiger charge is -2.33. The van der Waals surface area contributed by atoms with Crippen LogP contribution in [0.1, 0.15) is 29.6 Å². The second-order valence-corrected chi connectivity index (χ2v) is 7.17. The van der Waals surface area contributed by atoms with Crippen molar-refractivity contribution >= 4 is 11.8 Å². The van der Waals surface area contributed by atoms with E-state index in [9.17, 15) is 9.59 Å². The predicted molar refractivity (Wildman–Crippen MR) is 95.2 cm³/mol. The van der Waals surface area contributed by atoms with E-state index in [-0.39, 0.29) is 23.3 Å². The maximum Gasteiger partial charge on any atom is 0.252 e. The van der Waals surface area contributed by atoms with Gasteiger partial charge in [-0.2, -0.15) is 0 Å². The topological polar surface area (TPSA) is 86.4 Å². The van der Waals surface area contributed by atoms with E-state index in [1.807, 2.05) is 7.05 Å². The number of hydrogen-bond donors (Lipinski definition) is 3. The van der Waals surface area contributed by atoms with Gasteiger partial charge in [0.05, 0.1) is 11.6 Å². The molecule has 0 bridgehead atoms. The maximum atomic E-state index is 12.5. The van der Waals surface area contributed by atoms with Crippen molar-refractivity contribution < 1.29 is 9.59 Å². The van der Waals surface area contributed by atoms with Crippen LogP contribution in [0.4, 0.5) is 0 Å². The summed E-state index contributed by atoms with van der Waals surface area (Å²) in [5, 5.41) is 9.15. The molecule has 1 atom stereocenters. The van der Waals surface area contributed by atoms with Gasteiger partial charge in [-0.25, -0.2) is 0 Å². The normalized spacial score (nSPS) is 22.7. The zero-order valence-corrected chi connectivity index (χ0v) is 14.8. The Morgan fingerprint density at radius 2 is 2.08 bits per heavy atom. The minimum atomic E-state index is -0.172. The SMILES string of the molecule is CN1CC2(CCNCC2)C[C@@H]1C(=O)NCCNC(=O)c1cccnc1. The van der Waals surface area contributed by atoms with Gasteiger partial charge in [-0.3, -0.25) is 19.5 Å². The number of rotatable bonds is 5. The summed E-state index contributed by atoms with van der Waals surface area (Å²) in [6.45, 7) is 3.92. The molecule has 2 amide bonds. The van der Waals surface area contributed by atoms with Crippen LogP contribution in [0, 0.1) is 5.41 Å². The Morgan fingerprint density at radius 1 is 1.32 bits per heavy atom. The second-order valence-electron chi connectivity index (χ2n) is 7.17. The molecule has 1 spiro atoms. The zero-order chi connectivity index (χ0) is 17.7. The van der Waals surface area contributed by atoms with E-state index in [0.29, 0.717) is 18.7 Å². The van der Waals surface area contributed by atoms with Gasteiger partial charge in [0.1, 0.15) is 0 Å². The third-order valence-corrected chi connectivity index (χ3v) is 5.34. The molecule has 0 saturated carbocycles. The molecular weight excluding hydrogens is 318 g/mol. The molecule has 1 aromatic heterocycles. The number of piperidine rings is 1. The first-order chi connectivity index (χ1) is 12.1. The van der Waals surface area contributed by atoms with Gasteiger partial charge in [-0.15, -0.1) is 0 Å². The van der Waals surface area contributed by atoms with Crippen molar-refractivity contribution in [3.8, 4) is 0 Å². The average molecular weight is 345 g/mol. The molecule has 2 fully saturated rings. The molecule has 25 heavy (non-hydrogen) atoms. The highest BCUT2D eigenvalue weighted by Crippen LogP contribution is 2.41. The van der Waals surface area contributed by atoms with Crippen molar-refractivity contribution in [3.05, 3.63) is 30.1 Å². The van der Waals surface area contributed by atoms with Gasteiger partial charge >= 0.3 is 0 Å². The van der Waals surface area contributed by atoms with Gasteiger partial charge in [-0.05, 0) is 56.9 Å². The number of nitrogens with zero attached hydrogens (tertiary/aromatic N) is 2. The van der Waals surface area contributed by atoms with Crippen LogP contribution in [0.25, 0.3) is 0 Å². The first-order valence-corrected chi connectivity index (χ1v) is 8.97. The zero-order valence-electron chi connectivity index (χ0n) is 14.8. The first-order valence-electron chi connectivity index (χ1n) is 8.97. The first kappa shape index (κ1) is 17.8. The van der Waals surface area contributed by atoms with Crippen LogP contribution in [0.2, 0.25) is 0 Å². The summed E-state index contributed by atoms with van der Waals surface area (Å²) in [5.41, 5.74) is 0.813. The van der Waals surface area contributed by atoms with E-state index in [4.69, 9.17) is 0 Å². The lowest BCUT2D eigenvalue weighted by Crippen LogP contribution is -2.44. The Kier molecular flexibility index (Phi) is 5.65. The number of likely N-dealkylation sites (tertiary alicyclic amines) is 1. The van der Waals surface area contributed by atoms with Gasteiger partial charge in [0.25, 0.3) is 5.91 Å². The molecule has 3 heterocycles. The van der Waals surface area contributed by atoms with Crippen molar-refractivity contribution in [2.45, 2.75) is 25.3 Å². The number of hydrogen-bond acceptors (Lipinski definition) is 5. The standard InChI is InChI=1S/C18H27N5O2/c1-23-13-18(4-7-19-8-5-18)11-15(23)17(25)22-10-9-21-16(24)14-3-2-6-20-12-14/h2-3,6,12,15,19H,4-5,7-11,13H2,1H3,(H,21,24)(H,22,25)/t15-/m1/s1. The fourth-order valence-corrected chi connectivity index (χ4v) is 3.96. The van der Waals surface area contributed by atoms with Crippen molar-refractivity contribution in [1.29, 1.82) is 0 Å². The van der Waals surface area contributed by atoms with Crippen LogP contribution in [0.3, 0.4) is 0 Å². The molecule has 2 aliphatic rings. The van der Waals surface area contributed by atoms with Crippen LogP contribution in [0.15, 0.2) is 24.5 Å². The van der Waals surface area contributed by atoms with Gasteiger partial charge in [0.15, 0.2) is 0 Å². The Hall–Kier alpha value is -1.99. The van der Waals surface area contributed by atoms with E-state index in [2.05, 4.69) is 25.8 Å². The summed E-state index contributed by atoms with van der Waals surface area (Å²) >= 11 is 0. The molecule has 0 aromatic carbocycles. The van der Waals surface area contributed by atoms with Crippen molar-refractivity contribution in [2.75, 3.05) is 39.8 Å². The molecule has 0 aliphatic carbocycles. The quantitative estimate of drug-likeness (QED) is 0.654. The highest BCUT2D eigenvalue weighted by Gasteiger charge is 2.45. The maximum absolute atomic E-state index is 12.5. The van der Waals surface area contributed by atoms with Gasteiger partial charge < -0.3 is 16.0 Å². The number of pyridine rings is 1. The molecule has 3 rings (SSSR count). The number of aromatic nitrogens is 1. The van der Waals surface area contributed by atoms with E-state index in [0.717, 1.165) is 38.9 Å². The molecule has 0 unspecified atom stereocenters. The van der Waals surface area contributed by atoms with E-state index < -0.39 is 0 Å². The average Bonchev–Trinajstić information content (AvgIpc) is 2.95. The largest absolute Gasteiger partial charge is 0.353 e. The number of carbonyl (C=O) groups is 2. The Bertz CT molecular complexity index is 601. The molecule has 7 heteroatoms. The summed E-state index contributed by atoms with van der Waals surface area (Å²) < 4.78 is 0. The van der Waals surface area contributed by atoms with Gasteiger partial charge in [0.2, 0.25) is 5.91 Å². The van der Waals surface area contributed by atoms with Crippen molar-refractivity contribution in [2.24, 2.45) is 5.41 Å². The van der Waals surface area contributed by atoms with E-state index in [1.54, 1.807) is 18.3 Å². The molecular formula is C18H27N5O2. The van der Waals surface area contributed by atoms with Gasteiger partial charge in [-0.1, -0.05) is 0 Å². The monoisotopic (exact) mass is 345 g/mol. The molecule has 7 nitrogen and oxygen atoms in total. The lowest BCUT2D eigenvalue weighted by atomic mass is 9.77. The Morgan fingerprint density at radius 3 is 2.80 bits per heavy atom. The smallest absolute Gasteiger partial charge is 0.252 e. The molecule has 2 aliphatic heterocycles. The molecule has 3 N–H and O–H groups in total. The van der Waals surface area contributed by atoms with Gasteiger partial charge in [0, 0.05) is 32.0 Å². The van der Waals surface area contributed by atoms with Crippen molar-refractivity contribution in [1.82, 2.24) is 25.8 Å². The Balaban J connectivity index is 1.41. The number of nitrogens with one attached hydrogen (secondary N) is 3. The molecule has 136 valence electrons. The minimum absolute atomic E-state index is 0.0628. The van der Waals surface area contributed by atoms with E-state index in [1.165, 1.54) is 6.20 Å². The minimum Gasteiger partial charge on any atom is -0.353 e. The molecule has 0 radical (unpaired) electrons. The highest BCUT2D eigenvalue weighted by atomic mass is 16.2. The summed E-state index contributed by atoms with van der Waals surface area (Å²) in [5.74, 6) is -0.109. The summed E-state index contributed by atoms with van der Waals surface area (Å²) in [6, 6.07) is 3.38. The second kappa shape index (κ2) is 7.93. The third kappa shape index (κ3) is 4.35. The number of carbonyl (C=O) groups excluding carboxylic acids is 2. The van der Waals surface area contributed by atoms with Crippen LogP contribution in [-0.4, -0.2) is 67.5 Å².